The highest BCUT2D eigenvalue weighted by molar-refractivity contribution is 4.74. The Labute approximate surface area is 85.1 Å². The molecule has 1 fully saturated rings. The SMILES string of the molecule is CCC.CCC1CC(C)CCC1C. The number of hydrogen-bond acceptors (Lipinski definition) is 0. The molecule has 0 aromatic carbocycles. The van der Waals surface area contributed by atoms with Crippen molar-refractivity contribution in [3.8, 4) is 0 Å². The fourth-order valence-corrected chi connectivity index (χ4v) is 2.22. The van der Waals surface area contributed by atoms with Crippen LogP contribution in [0.15, 0.2) is 0 Å². The van der Waals surface area contributed by atoms with Gasteiger partial charge < -0.3 is 0 Å². The highest BCUT2D eigenvalue weighted by Gasteiger charge is 2.23. The van der Waals surface area contributed by atoms with Crippen LogP contribution in [0.4, 0.5) is 0 Å². The second-order valence-electron chi connectivity index (χ2n) is 4.77. The first-order chi connectivity index (χ1) is 6.15. The minimum absolute atomic E-state index is 1.00. The van der Waals surface area contributed by atoms with Gasteiger partial charge in [0.2, 0.25) is 0 Å². The molecule has 0 radical (unpaired) electrons. The summed E-state index contributed by atoms with van der Waals surface area (Å²) in [4.78, 5) is 0. The third-order valence-corrected chi connectivity index (χ3v) is 3.15. The highest BCUT2D eigenvalue weighted by atomic mass is 14.3. The molecular formula is C13H28. The maximum absolute atomic E-state index is 2.42. The molecular weight excluding hydrogens is 156 g/mol. The van der Waals surface area contributed by atoms with E-state index in [9.17, 15) is 0 Å². The van der Waals surface area contributed by atoms with E-state index >= 15 is 0 Å². The van der Waals surface area contributed by atoms with E-state index in [1.165, 1.54) is 32.1 Å². The molecule has 0 aromatic rings. The van der Waals surface area contributed by atoms with Gasteiger partial charge in [-0.2, -0.15) is 0 Å². The van der Waals surface area contributed by atoms with Gasteiger partial charge in [0, 0.05) is 0 Å². The average Bonchev–Trinajstić information content (AvgIpc) is 2.10. The van der Waals surface area contributed by atoms with Crippen LogP contribution in [0.25, 0.3) is 0 Å². The van der Waals surface area contributed by atoms with Crippen LogP contribution in [0.1, 0.15) is 66.7 Å². The van der Waals surface area contributed by atoms with Crippen molar-refractivity contribution in [2.45, 2.75) is 66.7 Å². The number of hydrogen-bond donors (Lipinski definition) is 0. The summed E-state index contributed by atoms with van der Waals surface area (Å²) < 4.78 is 0. The minimum Gasteiger partial charge on any atom is -0.0656 e. The summed E-state index contributed by atoms with van der Waals surface area (Å²) in [5, 5.41) is 0. The maximum atomic E-state index is 2.42. The molecule has 0 saturated heterocycles. The largest absolute Gasteiger partial charge is 0.0656 e. The van der Waals surface area contributed by atoms with Crippen LogP contribution >= 0.6 is 0 Å². The van der Waals surface area contributed by atoms with Crippen LogP contribution in [0, 0.1) is 17.8 Å². The first-order valence-electron chi connectivity index (χ1n) is 6.15. The molecule has 0 amide bonds. The lowest BCUT2D eigenvalue weighted by atomic mass is 9.74. The molecule has 0 heteroatoms. The van der Waals surface area contributed by atoms with Gasteiger partial charge in [0.25, 0.3) is 0 Å². The summed E-state index contributed by atoms with van der Waals surface area (Å²) in [6.07, 6.45) is 7.07. The lowest BCUT2D eigenvalue weighted by Crippen LogP contribution is -2.20. The van der Waals surface area contributed by atoms with Gasteiger partial charge in [0.1, 0.15) is 0 Å². The maximum Gasteiger partial charge on any atom is -0.0389 e. The second-order valence-corrected chi connectivity index (χ2v) is 4.77. The topological polar surface area (TPSA) is 0 Å². The molecule has 3 unspecified atom stereocenters. The van der Waals surface area contributed by atoms with Crippen molar-refractivity contribution in [2.24, 2.45) is 17.8 Å². The first-order valence-corrected chi connectivity index (χ1v) is 6.15. The third-order valence-electron chi connectivity index (χ3n) is 3.15. The van der Waals surface area contributed by atoms with Gasteiger partial charge in [-0.3, -0.25) is 0 Å². The van der Waals surface area contributed by atoms with E-state index in [2.05, 4.69) is 34.6 Å². The van der Waals surface area contributed by atoms with E-state index in [0.717, 1.165) is 17.8 Å². The van der Waals surface area contributed by atoms with Crippen molar-refractivity contribution in [3.05, 3.63) is 0 Å². The Hall–Kier alpha value is 0. The van der Waals surface area contributed by atoms with Gasteiger partial charge in [-0.15, -0.1) is 0 Å². The van der Waals surface area contributed by atoms with Crippen LogP contribution in [-0.2, 0) is 0 Å². The van der Waals surface area contributed by atoms with Crippen LogP contribution < -0.4 is 0 Å². The molecule has 0 nitrogen and oxygen atoms in total. The Balaban J connectivity index is 0.000000424. The van der Waals surface area contributed by atoms with Crippen molar-refractivity contribution >= 4 is 0 Å². The second kappa shape index (κ2) is 7.41. The fraction of sp³-hybridized carbons (Fsp3) is 1.00. The van der Waals surface area contributed by atoms with Crippen molar-refractivity contribution in [2.75, 3.05) is 0 Å². The zero-order valence-corrected chi connectivity index (χ0v) is 10.3. The predicted molar refractivity (Wildman–Crippen MR) is 61.9 cm³/mol. The lowest BCUT2D eigenvalue weighted by molar-refractivity contribution is 0.198. The van der Waals surface area contributed by atoms with Gasteiger partial charge >= 0.3 is 0 Å². The van der Waals surface area contributed by atoms with E-state index in [-0.39, 0.29) is 0 Å². The summed E-state index contributed by atoms with van der Waals surface area (Å²) in [6.45, 7) is 11.4. The van der Waals surface area contributed by atoms with Crippen LogP contribution in [0.5, 0.6) is 0 Å². The fourth-order valence-electron chi connectivity index (χ4n) is 2.22. The summed E-state index contributed by atoms with van der Waals surface area (Å²) in [5.74, 6) is 3.03. The molecule has 0 aliphatic heterocycles. The lowest BCUT2D eigenvalue weighted by Gasteiger charge is -2.31. The highest BCUT2D eigenvalue weighted by Crippen LogP contribution is 2.34. The molecule has 0 heterocycles. The normalized spacial score (nSPS) is 33.5. The Morgan fingerprint density at radius 1 is 1.00 bits per heavy atom. The van der Waals surface area contributed by atoms with Crippen molar-refractivity contribution in [3.63, 3.8) is 0 Å². The summed E-state index contributed by atoms with van der Waals surface area (Å²) in [5.41, 5.74) is 0. The van der Waals surface area contributed by atoms with E-state index in [1.807, 2.05) is 0 Å². The van der Waals surface area contributed by atoms with Crippen molar-refractivity contribution in [1.29, 1.82) is 0 Å². The average molecular weight is 184 g/mol. The van der Waals surface area contributed by atoms with E-state index < -0.39 is 0 Å². The molecule has 80 valence electrons. The first kappa shape index (κ1) is 13.0. The summed E-state index contributed by atoms with van der Waals surface area (Å²) >= 11 is 0. The van der Waals surface area contributed by atoms with Gasteiger partial charge in [0.15, 0.2) is 0 Å². The molecule has 0 N–H and O–H groups in total. The molecule has 1 saturated carbocycles. The summed E-state index contributed by atoms with van der Waals surface area (Å²) in [6, 6.07) is 0. The number of rotatable bonds is 1. The van der Waals surface area contributed by atoms with Crippen molar-refractivity contribution < 1.29 is 0 Å². The van der Waals surface area contributed by atoms with Gasteiger partial charge in [-0.25, -0.2) is 0 Å². The Morgan fingerprint density at radius 3 is 1.92 bits per heavy atom. The van der Waals surface area contributed by atoms with Crippen molar-refractivity contribution in [1.82, 2.24) is 0 Å². The molecule has 3 atom stereocenters. The van der Waals surface area contributed by atoms with E-state index in [1.54, 1.807) is 0 Å². The molecule has 1 aliphatic rings. The Morgan fingerprint density at radius 2 is 1.54 bits per heavy atom. The third kappa shape index (κ3) is 5.33. The predicted octanol–water partition coefficient (Wildman–Crippen LogP) is 4.89. The monoisotopic (exact) mass is 184 g/mol. The van der Waals surface area contributed by atoms with Gasteiger partial charge in [0.05, 0.1) is 0 Å². The molecule has 0 spiro atoms. The standard InChI is InChI=1S/C10H20.C3H8/c1-4-10-7-8(2)5-6-9(10)3;1-3-2/h8-10H,4-7H2,1-3H3;3H2,1-2H3. The van der Waals surface area contributed by atoms with Crippen LogP contribution in [0.2, 0.25) is 0 Å². The van der Waals surface area contributed by atoms with Gasteiger partial charge in [-0.05, 0) is 24.2 Å². The van der Waals surface area contributed by atoms with Crippen LogP contribution in [-0.4, -0.2) is 0 Å². The Kier molecular flexibility index (Phi) is 7.41. The van der Waals surface area contributed by atoms with Crippen LogP contribution in [0.3, 0.4) is 0 Å². The molecule has 1 aliphatic carbocycles. The quantitative estimate of drug-likeness (QED) is 0.544. The molecule has 13 heavy (non-hydrogen) atoms. The van der Waals surface area contributed by atoms with Gasteiger partial charge in [-0.1, -0.05) is 60.3 Å². The molecule has 0 bridgehead atoms. The molecule has 0 aromatic heterocycles. The minimum atomic E-state index is 1.00. The summed E-state index contributed by atoms with van der Waals surface area (Å²) in [7, 11) is 0. The van der Waals surface area contributed by atoms with E-state index in [0.29, 0.717) is 0 Å². The smallest absolute Gasteiger partial charge is 0.0389 e. The molecule has 1 rings (SSSR count). The van der Waals surface area contributed by atoms with E-state index in [4.69, 9.17) is 0 Å². The zero-order valence-electron chi connectivity index (χ0n) is 10.3. The zero-order chi connectivity index (χ0) is 10.3. The Bertz CT molecular complexity index is 107.